The first kappa shape index (κ1) is 14.0. The molecule has 0 bridgehead atoms. The number of aliphatic hydroxyl groups is 2. The molecule has 0 radical (unpaired) electrons. The molecule has 0 spiro atoms. The fourth-order valence-electron chi connectivity index (χ4n) is 2.81. The molecule has 96 valence electrons. The van der Waals surface area contributed by atoms with Crippen molar-refractivity contribution in [1.29, 1.82) is 0 Å². The minimum absolute atomic E-state index is 0.0598. The van der Waals surface area contributed by atoms with E-state index in [-0.39, 0.29) is 16.7 Å². The van der Waals surface area contributed by atoms with Gasteiger partial charge in [-0.25, -0.2) is 0 Å². The second-order valence-electron chi connectivity index (χ2n) is 7.56. The van der Waals surface area contributed by atoms with Crippen molar-refractivity contribution in [3.63, 3.8) is 0 Å². The second kappa shape index (κ2) is 4.30. The van der Waals surface area contributed by atoms with Crippen LogP contribution in [0, 0.1) is 22.7 Å². The van der Waals surface area contributed by atoms with Gasteiger partial charge >= 0.3 is 0 Å². The van der Waals surface area contributed by atoms with Crippen LogP contribution in [-0.4, -0.2) is 22.4 Å². The van der Waals surface area contributed by atoms with Crippen molar-refractivity contribution < 1.29 is 10.2 Å². The molecule has 2 N–H and O–H groups in total. The van der Waals surface area contributed by atoms with Gasteiger partial charge in [-0.2, -0.15) is 0 Å². The second-order valence-corrected chi connectivity index (χ2v) is 7.56. The van der Waals surface area contributed by atoms with Gasteiger partial charge in [0.05, 0.1) is 12.2 Å². The molecule has 0 aromatic rings. The first-order valence-corrected chi connectivity index (χ1v) is 6.39. The lowest BCUT2D eigenvalue weighted by Gasteiger charge is -2.47. The highest BCUT2D eigenvalue weighted by molar-refractivity contribution is 4.94. The standard InChI is InChI=1S/C14H28O2/c1-13(2,3)9-7-10(14(4,5)6)12(16)11(15)8-9/h9-12,15-16H,7-8H2,1-6H3. The number of hydrogen-bond donors (Lipinski definition) is 2. The van der Waals surface area contributed by atoms with Gasteiger partial charge in [-0.3, -0.25) is 0 Å². The number of hydrogen-bond acceptors (Lipinski definition) is 2. The average Bonchev–Trinajstić information content (AvgIpc) is 2.05. The maximum Gasteiger partial charge on any atom is 0.0832 e. The van der Waals surface area contributed by atoms with Crippen LogP contribution in [0.2, 0.25) is 0 Å². The van der Waals surface area contributed by atoms with Crippen molar-refractivity contribution in [1.82, 2.24) is 0 Å². The van der Waals surface area contributed by atoms with Gasteiger partial charge in [-0.05, 0) is 35.5 Å². The smallest absolute Gasteiger partial charge is 0.0832 e. The third-order valence-corrected chi connectivity index (χ3v) is 4.21. The Morgan fingerprint density at radius 1 is 0.812 bits per heavy atom. The van der Waals surface area contributed by atoms with Crippen molar-refractivity contribution in [3.05, 3.63) is 0 Å². The Kier molecular flexibility index (Phi) is 3.76. The van der Waals surface area contributed by atoms with Crippen molar-refractivity contribution >= 4 is 0 Å². The maximum absolute atomic E-state index is 10.1. The summed E-state index contributed by atoms with van der Waals surface area (Å²) in [6.07, 6.45) is 0.642. The summed E-state index contributed by atoms with van der Waals surface area (Å²) in [5, 5.41) is 20.1. The predicted octanol–water partition coefficient (Wildman–Crippen LogP) is 2.83. The molecule has 16 heavy (non-hydrogen) atoms. The fourth-order valence-corrected chi connectivity index (χ4v) is 2.81. The highest BCUT2D eigenvalue weighted by Crippen LogP contribution is 2.46. The molecular formula is C14H28O2. The predicted molar refractivity (Wildman–Crippen MR) is 67.1 cm³/mol. The Balaban J connectivity index is 2.86. The summed E-state index contributed by atoms with van der Waals surface area (Å²) < 4.78 is 0. The zero-order valence-electron chi connectivity index (χ0n) is 11.6. The van der Waals surface area contributed by atoms with Gasteiger partial charge in [-0.15, -0.1) is 0 Å². The number of rotatable bonds is 0. The third kappa shape index (κ3) is 2.98. The van der Waals surface area contributed by atoms with Crippen molar-refractivity contribution in [2.75, 3.05) is 0 Å². The molecule has 2 heteroatoms. The van der Waals surface area contributed by atoms with E-state index in [2.05, 4.69) is 41.5 Å². The minimum Gasteiger partial charge on any atom is -0.390 e. The van der Waals surface area contributed by atoms with Gasteiger partial charge in [0.1, 0.15) is 0 Å². The first-order valence-electron chi connectivity index (χ1n) is 6.39. The van der Waals surface area contributed by atoms with Crippen LogP contribution in [0.3, 0.4) is 0 Å². The Bertz CT molecular complexity index is 234. The van der Waals surface area contributed by atoms with Crippen LogP contribution in [0.5, 0.6) is 0 Å². The van der Waals surface area contributed by atoms with Crippen LogP contribution in [-0.2, 0) is 0 Å². The zero-order valence-corrected chi connectivity index (χ0v) is 11.6. The quantitative estimate of drug-likeness (QED) is 0.669. The summed E-state index contributed by atoms with van der Waals surface area (Å²) in [7, 11) is 0. The minimum atomic E-state index is -0.557. The molecule has 4 atom stereocenters. The van der Waals surface area contributed by atoms with Crippen LogP contribution in [0.25, 0.3) is 0 Å². The van der Waals surface area contributed by atoms with E-state index in [0.717, 1.165) is 12.8 Å². The molecule has 0 aromatic carbocycles. The molecule has 1 fully saturated rings. The van der Waals surface area contributed by atoms with Crippen LogP contribution in [0.1, 0.15) is 54.4 Å². The van der Waals surface area contributed by atoms with Gasteiger partial charge < -0.3 is 10.2 Å². The average molecular weight is 228 g/mol. The maximum atomic E-state index is 10.1. The van der Waals surface area contributed by atoms with Gasteiger partial charge in [-0.1, -0.05) is 41.5 Å². The SMILES string of the molecule is CC(C)(C)C1CC(O)C(O)C(C(C)(C)C)C1. The normalized spacial score (nSPS) is 37.5. The molecule has 0 aromatic heterocycles. The van der Waals surface area contributed by atoms with Crippen LogP contribution in [0.15, 0.2) is 0 Å². The highest BCUT2D eigenvalue weighted by Gasteiger charge is 2.44. The Morgan fingerprint density at radius 2 is 1.31 bits per heavy atom. The molecule has 0 heterocycles. The molecule has 1 aliphatic carbocycles. The monoisotopic (exact) mass is 228 g/mol. The first-order chi connectivity index (χ1) is 7.03. The van der Waals surface area contributed by atoms with Gasteiger partial charge in [0.15, 0.2) is 0 Å². The summed E-state index contributed by atoms with van der Waals surface area (Å²) >= 11 is 0. The third-order valence-electron chi connectivity index (χ3n) is 4.21. The zero-order chi connectivity index (χ0) is 12.7. The lowest BCUT2D eigenvalue weighted by molar-refractivity contribution is -0.107. The molecule has 1 saturated carbocycles. The van der Waals surface area contributed by atoms with E-state index in [4.69, 9.17) is 0 Å². The van der Waals surface area contributed by atoms with E-state index in [9.17, 15) is 10.2 Å². The largest absolute Gasteiger partial charge is 0.390 e. The van der Waals surface area contributed by atoms with E-state index in [0.29, 0.717) is 5.92 Å². The summed E-state index contributed by atoms with van der Waals surface area (Å²) in [6, 6.07) is 0. The lowest BCUT2D eigenvalue weighted by atomic mass is 9.61. The molecule has 0 amide bonds. The highest BCUT2D eigenvalue weighted by atomic mass is 16.3. The van der Waals surface area contributed by atoms with E-state index < -0.39 is 12.2 Å². The Labute approximate surface area is 100 Å². The van der Waals surface area contributed by atoms with Crippen molar-refractivity contribution in [2.24, 2.45) is 22.7 Å². The summed E-state index contributed by atoms with van der Waals surface area (Å²) in [5.41, 5.74) is 0.273. The van der Waals surface area contributed by atoms with Gasteiger partial charge in [0.2, 0.25) is 0 Å². The van der Waals surface area contributed by atoms with Crippen LogP contribution >= 0.6 is 0 Å². The molecule has 0 saturated heterocycles. The Hall–Kier alpha value is -0.0800. The summed E-state index contributed by atoms with van der Waals surface area (Å²) in [4.78, 5) is 0. The van der Waals surface area contributed by atoms with E-state index in [1.807, 2.05) is 0 Å². The van der Waals surface area contributed by atoms with E-state index >= 15 is 0 Å². The van der Waals surface area contributed by atoms with Crippen molar-refractivity contribution in [3.8, 4) is 0 Å². The molecule has 2 nitrogen and oxygen atoms in total. The molecule has 4 unspecified atom stereocenters. The number of aliphatic hydroxyl groups excluding tert-OH is 2. The van der Waals surface area contributed by atoms with E-state index in [1.54, 1.807) is 0 Å². The fraction of sp³-hybridized carbons (Fsp3) is 1.00. The summed E-state index contributed by atoms with van der Waals surface area (Å²) in [5.74, 6) is 0.690. The molecule has 1 rings (SSSR count). The Morgan fingerprint density at radius 3 is 1.69 bits per heavy atom. The lowest BCUT2D eigenvalue weighted by Crippen LogP contribution is -2.48. The van der Waals surface area contributed by atoms with E-state index in [1.165, 1.54) is 0 Å². The van der Waals surface area contributed by atoms with Crippen LogP contribution in [0.4, 0.5) is 0 Å². The summed E-state index contributed by atoms with van der Waals surface area (Å²) in [6.45, 7) is 13.1. The molecule has 0 aliphatic heterocycles. The molecule has 1 aliphatic rings. The van der Waals surface area contributed by atoms with Crippen molar-refractivity contribution in [2.45, 2.75) is 66.6 Å². The van der Waals surface area contributed by atoms with Gasteiger partial charge in [0.25, 0.3) is 0 Å². The topological polar surface area (TPSA) is 40.5 Å². The molecular weight excluding hydrogens is 200 g/mol. The van der Waals surface area contributed by atoms with Crippen LogP contribution < -0.4 is 0 Å². The van der Waals surface area contributed by atoms with Gasteiger partial charge in [0, 0.05) is 0 Å².